The predicted octanol–water partition coefficient (Wildman–Crippen LogP) is 5.51. The molecule has 0 atom stereocenters. The zero-order valence-corrected chi connectivity index (χ0v) is 15.2. The fourth-order valence-corrected chi connectivity index (χ4v) is 4.07. The molecule has 2 aromatic heterocycles. The topological polar surface area (TPSA) is 50.7 Å². The van der Waals surface area contributed by atoms with Gasteiger partial charge in [0.1, 0.15) is 0 Å². The van der Waals surface area contributed by atoms with Crippen LogP contribution in [0.25, 0.3) is 21.3 Å². The van der Waals surface area contributed by atoms with Crippen molar-refractivity contribution in [3.63, 3.8) is 0 Å². The molecule has 1 fully saturated rings. The Morgan fingerprint density at radius 3 is 2.80 bits per heavy atom. The number of anilines is 1. The van der Waals surface area contributed by atoms with Crippen LogP contribution in [0.2, 0.25) is 0 Å². The summed E-state index contributed by atoms with van der Waals surface area (Å²) in [5.74, 6) is 2.00. The molecule has 1 saturated carbocycles. The number of hydrogen-bond donors (Lipinski definition) is 1. The Kier molecular flexibility index (Phi) is 4.49. The molecule has 4 nitrogen and oxygen atoms in total. The highest BCUT2D eigenvalue weighted by Gasteiger charge is 2.21. The second-order valence-electron chi connectivity index (χ2n) is 6.94. The maximum atomic E-state index is 4.70. The van der Waals surface area contributed by atoms with Crippen LogP contribution in [-0.2, 0) is 0 Å². The highest BCUT2D eigenvalue weighted by Crippen LogP contribution is 2.32. The second-order valence-corrected chi connectivity index (χ2v) is 7.83. The molecule has 5 heteroatoms. The lowest BCUT2D eigenvalue weighted by Crippen LogP contribution is -2.18. The van der Waals surface area contributed by atoms with Crippen molar-refractivity contribution in [3.8, 4) is 10.4 Å². The third-order valence-corrected chi connectivity index (χ3v) is 5.90. The van der Waals surface area contributed by atoms with E-state index in [1.807, 2.05) is 17.9 Å². The van der Waals surface area contributed by atoms with E-state index in [1.54, 1.807) is 11.3 Å². The quantitative estimate of drug-likeness (QED) is 0.674. The van der Waals surface area contributed by atoms with E-state index in [9.17, 15) is 0 Å². The predicted molar refractivity (Wildman–Crippen MR) is 105 cm³/mol. The molecular weight excluding hydrogens is 328 g/mol. The molecule has 4 rings (SSSR count). The second kappa shape index (κ2) is 6.92. The van der Waals surface area contributed by atoms with Crippen molar-refractivity contribution in [2.24, 2.45) is 11.8 Å². The molecule has 3 aromatic rings. The summed E-state index contributed by atoms with van der Waals surface area (Å²) in [6.45, 7) is 6.57. The molecule has 2 heterocycles. The average molecular weight is 350 g/mol. The van der Waals surface area contributed by atoms with Gasteiger partial charge in [0.2, 0.25) is 5.95 Å². The van der Waals surface area contributed by atoms with Crippen LogP contribution in [0.3, 0.4) is 0 Å². The van der Waals surface area contributed by atoms with Gasteiger partial charge in [0.05, 0.1) is 15.9 Å². The summed E-state index contributed by atoms with van der Waals surface area (Å²) in [5, 5.41) is 4.38. The number of fused-ring (bicyclic) bond motifs is 1. The molecule has 0 unspecified atom stereocenters. The normalized spacial score (nSPS) is 20.5. The van der Waals surface area contributed by atoms with E-state index in [1.165, 1.54) is 25.7 Å². The first-order valence-electron chi connectivity index (χ1n) is 8.80. The SMILES string of the molecule is C=C(Nc1ncc2ccc(-c3cncs3)cc2n1)C1CCC(C)CC1. The van der Waals surface area contributed by atoms with Crippen LogP contribution in [0.4, 0.5) is 5.95 Å². The summed E-state index contributed by atoms with van der Waals surface area (Å²) >= 11 is 1.63. The molecular formula is C20H22N4S. The van der Waals surface area contributed by atoms with E-state index in [4.69, 9.17) is 4.98 Å². The number of aromatic nitrogens is 3. The number of benzene rings is 1. The Balaban J connectivity index is 1.54. The third-order valence-electron chi connectivity index (χ3n) is 5.08. The van der Waals surface area contributed by atoms with Gasteiger partial charge < -0.3 is 5.32 Å². The Labute approximate surface area is 152 Å². The number of hydrogen-bond acceptors (Lipinski definition) is 5. The maximum absolute atomic E-state index is 4.70. The lowest BCUT2D eigenvalue weighted by Gasteiger charge is -2.27. The van der Waals surface area contributed by atoms with Crippen molar-refractivity contribution in [2.45, 2.75) is 32.6 Å². The minimum atomic E-state index is 0.527. The summed E-state index contributed by atoms with van der Waals surface area (Å²) in [7, 11) is 0. The van der Waals surface area contributed by atoms with Gasteiger partial charge in [0.25, 0.3) is 0 Å². The van der Waals surface area contributed by atoms with Crippen molar-refractivity contribution in [1.29, 1.82) is 0 Å². The maximum Gasteiger partial charge on any atom is 0.227 e. The van der Waals surface area contributed by atoms with Gasteiger partial charge in [-0.2, -0.15) is 0 Å². The Hall–Kier alpha value is -2.27. The number of nitrogens with zero attached hydrogens (tertiary/aromatic N) is 3. The molecule has 0 bridgehead atoms. The van der Waals surface area contributed by atoms with Crippen LogP contribution < -0.4 is 5.32 Å². The first-order chi connectivity index (χ1) is 12.2. The first kappa shape index (κ1) is 16.2. The minimum Gasteiger partial charge on any atom is -0.328 e. The van der Waals surface area contributed by atoms with Crippen molar-refractivity contribution in [1.82, 2.24) is 15.0 Å². The Morgan fingerprint density at radius 1 is 1.20 bits per heavy atom. The van der Waals surface area contributed by atoms with Crippen molar-refractivity contribution in [3.05, 3.63) is 48.4 Å². The van der Waals surface area contributed by atoms with Gasteiger partial charge >= 0.3 is 0 Å². The first-order valence-corrected chi connectivity index (χ1v) is 9.68. The molecule has 128 valence electrons. The summed E-state index contributed by atoms with van der Waals surface area (Å²) in [5.41, 5.74) is 4.97. The zero-order chi connectivity index (χ0) is 17.2. The van der Waals surface area contributed by atoms with Gasteiger partial charge in [0.15, 0.2) is 0 Å². The molecule has 0 saturated heterocycles. The lowest BCUT2D eigenvalue weighted by atomic mass is 9.81. The summed E-state index contributed by atoms with van der Waals surface area (Å²) in [4.78, 5) is 14.5. The molecule has 1 N–H and O–H groups in total. The summed E-state index contributed by atoms with van der Waals surface area (Å²) in [6, 6.07) is 6.25. The molecule has 0 radical (unpaired) electrons. The molecule has 0 aliphatic heterocycles. The number of thiazole rings is 1. The van der Waals surface area contributed by atoms with Crippen molar-refractivity contribution < 1.29 is 0 Å². The van der Waals surface area contributed by atoms with E-state index in [0.717, 1.165) is 33.0 Å². The minimum absolute atomic E-state index is 0.527. The van der Waals surface area contributed by atoms with Gasteiger partial charge in [-0.3, -0.25) is 4.98 Å². The van der Waals surface area contributed by atoms with Crippen LogP contribution in [0.5, 0.6) is 0 Å². The van der Waals surface area contributed by atoms with Gasteiger partial charge in [-0.1, -0.05) is 38.5 Å². The van der Waals surface area contributed by atoms with Crippen LogP contribution in [0.1, 0.15) is 32.6 Å². The molecule has 1 aliphatic carbocycles. The zero-order valence-electron chi connectivity index (χ0n) is 14.4. The fraction of sp³-hybridized carbons (Fsp3) is 0.350. The number of allylic oxidation sites excluding steroid dienone is 1. The Bertz CT molecular complexity index is 880. The van der Waals surface area contributed by atoms with Crippen LogP contribution in [0.15, 0.2) is 48.4 Å². The molecule has 0 spiro atoms. The van der Waals surface area contributed by atoms with E-state index in [2.05, 4.69) is 47.0 Å². The molecule has 0 amide bonds. The molecule has 25 heavy (non-hydrogen) atoms. The fourth-order valence-electron chi connectivity index (χ4n) is 3.45. The van der Waals surface area contributed by atoms with Gasteiger partial charge in [-0.25, -0.2) is 9.97 Å². The van der Waals surface area contributed by atoms with E-state index in [0.29, 0.717) is 11.9 Å². The van der Waals surface area contributed by atoms with Crippen LogP contribution >= 0.6 is 11.3 Å². The smallest absolute Gasteiger partial charge is 0.227 e. The Morgan fingerprint density at radius 2 is 2.04 bits per heavy atom. The average Bonchev–Trinajstić information content (AvgIpc) is 3.16. The largest absolute Gasteiger partial charge is 0.328 e. The lowest BCUT2D eigenvalue weighted by molar-refractivity contribution is 0.321. The van der Waals surface area contributed by atoms with Gasteiger partial charge in [-0.15, -0.1) is 11.3 Å². The van der Waals surface area contributed by atoms with Crippen LogP contribution in [0, 0.1) is 11.8 Å². The standard InChI is InChI=1S/C20H22N4S/c1-13-3-5-15(6-4-13)14(2)23-20-22-10-17-8-7-16(9-18(17)24-20)19-11-21-12-25-19/h7-13,15H,2-6H2,1H3,(H,22,23,24). The van der Waals surface area contributed by atoms with Crippen molar-refractivity contribution >= 4 is 28.2 Å². The van der Waals surface area contributed by atoms with Gasteiger partial charge in [-0.05, 0) is 36.3 Å². The molecule has 1 aliphatic rings. The van der Waals surface area contributed by atoms with Crippen molar-refractivity contribution in [2.75, 3.05) is 5.32 Å². The summed E-state index contributed by atoms with van der Waals surface area (Å²) < 4.78 is 0. The van der Waals surface area contributed by atoms with E-state index in [-0.39, 0.29) is 0 Å². The monoisotopic (exact) mass is 350 g/mol. The van der Waals surface area contributed by atoms with E-state index >= 15 is 0 Å². The number of rotatable bonds is 4. The third kappa shape index (κ3) is 3.56. The highest BCUT2D eigenvalue weighted by molar-refractivity contribution is 7.13. The summed E-state index contributed by atoms with van der Waals surface area (Å²) in [6.07, 6.45) is 8.73. The number of nitrogens with one attached hydrogen (secondary N) is 1. The molecule has 1 aromatic carbocycles. The highest BCUT2D eigenvalue weighted by atomic mass is 32.1. The van der Waals surface area contributed by atoms with Gasteiger partial charge in [0, 0.05) is 23.5 Å². The van der Waals surface area contributed by atoms with E-state index < -0.39 is 0 Å². The van der Waals surface area contributed by atoms with Crippen LogP contribution in [-0.4, -0.2) is 15.0 Å².